The number of aliphatic hydroxyl groups excluding tert-OH is 5. The predicted molar refractivity (Wildman–Crippen MR) is 258 cm³/mol. The Kier molecular flexibility index (Phi) is 38.6. The van der Waals surface area contributed by atoms with Crippen molar-refractivity contribution in [1.82, 2.24) is 0 Å². The first-order valence-electron chi connectivity index (χ1n) is 25.8. The van der Waals surface area contributed by atoms with Gasteiger partial charge in [-0.05, 0) is 70.6 Å². The summed E-state index contributed by atoms with van der Waals surface area (Å²) < 4.78 is 33.6. The Morgan fingerprint density at radius 2 is 0.831 bits per heavy atom. The Bertz CT molecular complexity index is 1280. The zero-order valence-corrected chi connectivity index (χ0v) is 41.4. The molecular formula is C51H93O13P. The lowest BCUT2D eigenvalue weighted by atomic mass is 9.85. The van der Waals surface area contributed by atoms with Crippen molar-refractivity contribution in [2.75, 3.05) is 13.2 Å². The van der Waals surface area contributed by atoms with E-state index in [0.717, 1.165) is 89.9 Å². The van der Waals surface area contributed by atoms with E-state index < -0.39 is 75.7 Å². The van der Waals surface area contributed by atoms with E-state index in [1.165, 1.54) is 89.9 Å². The van der Waals surface area contributed by atoms with Crippen LogP contribution in [0.2, 0.25) is 0 Å². The Labute approximate surface area is 393 Å². The summed E-state index contributed by atoms with van der Waals surface area (Å²) in [6, 6.07) is 0. The molecule has 6 unspecified atom stereocenters. The normalized spacial score (nSPS) is 21.7. The van der Waals surface area contributed by atoms with Crippen molar-refractivity contribution in [2.24, 2.45) is 0 Å². The third-order valence-electron chi connectivity index (χ3n) is 12.0. The number of carbonyl (C=O) groups excluding carboxylic acids is 2. The number of carbonyl (C=O) groups is 2. The van der Waals surface area contributed by atoms with Gasteiger partial charge in [0.2, 0.25) is 0 Å². The lowest BCUT2D eigenvalue weighted by Crippen LogP contribution is -2.64. The first-order valence-corrected chi connectivity index (χ1v) is 27.3. The number of hydrogen-bond donors (Lipinski definition) is 6. The van der Waals surface area contributed by atoms with Crippen molar-refractivity contribution in [1.29, 1.82) is 0 Å². The quantitative estimate of drug-likeness (QED) is 0.0146. The SMILES string of the molecule is CCCCC/C=C\C/C=C\CCCCCCCCCC(=O)O[C@H](COC(=O)CCCCCCCCC/C=C\CCCCCCCCCC)COP(=O)(O)OC1C(O)C(O)C(O)[C@@H](O)C1O. The number of hydrogen-bond acceptors (Lipinski definition) is 12. The zero-order chi connectivity index (χ0) is 47.8. The number of esters is 2. The largest absolute Gasteiger partial charge is 0.472 e. The van der Waals surface area contributed by atoms with Crippen LogP contribution in [0.15, 0.2) is 36.5 Å². The fourth-order valence-electron chi connectivity index (χ4n) is 7.78. The van der Waals surface area contributed by atoms with Crippen molar-refractivity contribution in [2.45, 2.75) is 262 Å². The lowest BCUT2D eigenvalue weighted by molar-refractivity contribution is -0.220. The molecule has 0 aromatic heterocycles. The average Bonchev–Trinajstić information content (AvgIpc) is 3.29. The first kappa shape index (κ1) is 61.1. The van der Waals surface area contributed by atoms with Gasteiger partial charge in [-0.1, -0.05) is 172 Å². The van der Waals surface area contributed by atoms with Crippen molar-refractivity contribution in [3.63, 3.8) is 0 Å². The molecule has 0 aromatic rings. The highest BCUT2D eigenvalue weighted by Crippen LogP contribution is 2.47. The molecule has 8 atom stereocenters. The van der Waals surface area contributed by atoms with E-state index >= 15 is 0 Å². The van der Waals surface area contributed by atoms with Crippen LogP contribution in [0.5, 0.6) is 0 Å². The maximum absolute atomic E-state index is 12.8. The fraction of sp³-hybridized carbons (Fsp3) is 0.843. The molecule has 0 heterocycles. The third kappa shape index (κ3) is 33.3. The third-order valence-corrected chi connectivity index (χ3v) is 12.9. The molecule has 0 aromatic carbocycles. The van der Waals surface area contributed by atoms with E-state index in [9.17, 15) is 44.6 Å². The molecular weight excluding hydrogens is 852 g/mol. The Morgan fingerprint density at radius 1 is 0.477 bits per heavy atom. The van der Waals surface area contributed by atoms with Crippen molar-refractivity contribution in [3.05, 3.63) is 36.5 Å². The van der Waals surface area contributed by atoms with Crippen LogP contribution in [0.25, 0.3) is 0 Å². The summed E-state index contributed by atoms with van der Waals surface area (Å²) in [5, 5.41) is 50.3. The highest BCUT2D eigenvalue weighted by atomic mass is 31.2. The molecule has 0 amide bonds. The summed E-state index contributed by atoms with van der Waals surface area (Å²) in [6.07, 6.45) is 34.7. The molecule has 1 aliphatic carbocycles. The number of aliphatic hydroxyl groups is 5. The molecule has 0 radical (unpaired) electrons. The summed E-state index contributed by atoms with van der Waals surface area (Å²) in [5.74, 6) is -1.11. The maximum atomic E-state index is 12.8. The van der Waals surface area contributed by atoms with Gasteiger partial charge in [0.1, 0.15) is 43.2 Å². The Morgan fingerprint density at radius 3 is 1.29 bits per heavy atom. The van der Waals surface area contributed by atoms with Gasteiger partial charge in [0.15, 0.2) is 6.10 Å². The monoisotopic (exact) mass is 945 g/mol. The van der Waals surface area contributed by atoms with Crippen LogP contribution in [0, 0.1) is 0 Å². The number of allylic oxidation sites excluding steroid dienone is 6. The fourth-order valence-corrected chi connectivity index (χ4v) is 8.76. The second-order valence-electron chi connectivity index (χ2n) is 18.0. The molecule has 1 rings (SSSR count). The summed E-state index contributed by atoms with van der Waals surface area (Å²) in [4.78, 5) is 35.8. The highest BCUT2D eigenvalue weighted by Gasteiger charge is 2.51. The molecule has 1 aliphatic rings. The van der Waals surface area contributed by atoms with Crippen LogP contribution in [0.1, 0.15) is 219 Å². The molecule has 0 bridgehead atoms. The van der Waals surface area contributed by atoms with Crippen LogP contribution in [0.3, 0.4) is 0 Å². The van der Waals surface area contributed by atoms with Crippen molar-refractivity contribution >= 4 is 19.8 Å². The zero-order valence-electron chi connectivity index (χ0n) is 40.5. The molecule has 14 heteroatoms. The van der Waals surface area contributed by atoms with E-state index in [2.05, 4.69) is 50.3 Å². The van der Waals surface area contributed by atoms with Crippen LogP contribution < -0.4 is 0 Å². The molecule has 380 valence electrons. The molecule has 0 saturated heterocycles. The van der Waals surface area contributed by atoms with Gasteiger partial charge in [0.25, 0.3) is 0 Å². The number of rotatable bonds is 43. The number of phosphoric ester groups is 1. The Balaban J connectivity index is 2.40. The van der Waals surface area contributed by atoms with Gasteiger partial charge in [-0.3, -0.25) is 18.6 Å². The summed E-state index contributed by atoms with van der Waals surface area (Å²) in [5.41, 5.74) is 0. The van der Waals surface area contributed by atoms with Crippen molar-refractivity contribution < 1.29 is 63.1 Å². The topological polar surface area (TPSA) is 210 Å². The lowest BCUT2D eigenvalue weighted by Gasteiger charge is -2.41. The van der Waals surface area contributed by atoms with Gasteiger partial charge in [-0.15, -0.1) is 0 Å². The summed E-state index contributed by atoms with van der Waals surface area (Å²) >= 11 is 0. The minimum atomic E-state index is -5.12. The maximum Gasteiger partial charge on any atom is 0.472 e. The van der Waals surface area contributed by atoms with Gasteiger partial charge >= 0.3 is 19.8 Å². The summed E-state index contributed by atoms with van der Waals surface area (Å²) in [7, 11) is -5.12. The van der Waals surface area contributed by atoms with E-state index in [4.69, 9.17) is 18.5 Å². The van der Waals surface area contributed by atoms with Gasteiger partial charge < -0.3 is 39.9 Å². The number of unbranched alkanes of at least 4 members (excludes halogenated alkanes) is 25. The minimum Gasteiger partial charge on any atom is -0.462 e. The number of ether oxygens (including phenoxy) is 2. The molecule has 6 N–H and O–H groups in total. The molecule has 13 nitrogen and oxygen atoms in total. The molecule has 0 spiro atoms. The van der Waals surface area contributed by atoms with Crippen LogP contribution >= 0.6 is 7.82 Å². The highest BCUT2D eigenvalue weighted by molar-refractivity contribution is 7.47. The van der Waals surface area contributed by atoms with Gasteiger partial charge in [-0.25, -0.2) is 4.57 Å². The molecule has 1 fully saturated rings. The standard InChI is InChI=1S/C51H93O13P/c1-3-5-7-9-11-13-15-17-19-21-22-24-25-27-29-31-33-35-37-39-44(52)61-41-43(42-62-65(59,60)64-51-49(57)47(55)46(54)48(56)50(51)58)63-45(53)40-38-36-34-32-30-28-26-23-20-18-16-14-12-10-8-6-4-2/h12,14,18,20-22,43,46-51,54-58H,3-11,13,15-17,19,23-42H2,1-2H3,(H,59,60)/b14-12-,20-18-,22-21-/t43-,46?,47-,48?,49?,50?,51?/m1/s1. The van der Waals surface area contributed by atoms with Gasteiger partial charge in [0.05, 0.1) is 6.61 Å². The average molecular weight is 945 g/mol. The molecule has 1 saturated carbocycles. The Hall–Kier alpha value is -1.93. The molecule has 0 aliphatic heterocycles. The van der Waals surface area contributed by atoms with Crippen LogP contribution in [-0.2, 0) is 32.7 Å². The second-order valence-corrected chi connectivity index (χ2v) is 19.4. The van der Waals surface area contributed by atoms with Gasteiger partial charge in [-0.2, -0.15) is 0 Å². The minimum absolute atomic E-state index is 0.0875. The summed E-state index contributed by atoms with van der Waals surface area (Å²) in [6.45, 7) is 3.29. The molecule has 65 heavy (non-hydrogen) atoms. The van der Waals surface area contributed by atoms with E-state index in [1.54, 1.807) is 0 Å². The van der Waals surface area contributed by atoms with E-state index in [1.807, 2.05) is 0 Å². The first-order chi connectivity index (χ1) is 31.4. The van der Waals surface area contributed by atoms with E-state index in [0.29, 0.717) is 12.8 Å². The smallest absolute Gasteiger partial charge is 0.462 e. The van der Waals surface area contributed by atoms with E-state index in [-0.39, 0.29) is 12.8 Å². The number of phosphoric acid groups is 1. The van der Waals surface area contributed by atoms with Gasteiger partial charge in [0, 0.05) is 12.8 Å². The van der Waals surface area contributed by atoms with Crippen molar-refractivity contribution in [3.8, 4) is 0 Å². The second kappa shape index (κ2) is 41.1. The van der Waals surface area contributed by atoms with Crippen LogP contribution in [-0.4, -0.2) is 98.3 Å². The van der Waals surface area contributed by atoms with Crippen LogP contribution in [0.4, 0.5) is 0 Å². The predicted octanol–water partition coefficient (Wildman–Crippen LogP) is 11.0.